The molecule has 3 aromatic heterocycles. The molecular formula is C19H12ClN7S2. The first kappa shape index (κ1) is 18.0. The Morgan fingerprint density at radius 1 is 0.966 bits per heavy atom. The van der Waals surface area contributed by atoms with Crippen molar-refractivity contribution in [3.63, 3.8) is 0 Å². The highest BCUT2D eigenvalue weighted by atomic mass is 35.5. The second kappa shape index (κ2) is 7.78. The SMILES string of the molecule is Clc1ccccc1C=Nc1nnc(CN=c2nnc3c([nH]c4ccccc43)s2)s1. The minimum absolute atomic E-state index is 0.371. The maximum absolute atomic E-state index is 6.13. The van der Waals surface area contributed by atoms with E-state index in [1.54, 1.807) is 6.21 Å². The predicted molar refractivity (Wildman–Crippen MR) is 117 cm³/mol. The van der Waals surface area contributed by atoms with Gasteiger partial charge >= 0.3 is 0 Å². The highest BCUT2D eigenvalue weighted by molar-refractivity contribution is 7.15. The zero-order chi connectivity index (χ0) is 19.6. The Morgan fingerprint density at radius 3 is 2.76 bits per heavy atom. The van der Waals surface area contributed by atoms with Crippen LogP contribution in [0.1, 0.15) is 10.6 Å². The van der Waals surface area contributed by atoms with Crippen LogP contribution in [0.5, 0.6) is 0 Å². The number of aromatic nitrogens is 5. The highest BCUT2D eigenvalue weighted by Crippen LogP contribution is 2.23. The van der Waals surface area contributed by atoms with Crippen molar-refractivity contribution in [1.29, 1.82) is 0 Å². The predicted octanol–water partition coefficient (Wildman–Crippen LogP) is 4.53. The first-order valence-electron chi connectivity index (χ1n) is 8.62. The summed E-state index contributed by atoms with van der Waals surface area (Å²) in [6, 6.07) is 15.5. The van der Waals surface area contributed by atoms with Crippen LogP contribution >= 0.6 is 34.3 Å². The van der Waals surface area contributed by atoms with Gasteiger partial charge in [0.25, 0.3) is 0 Å². The largest absolute Gasteiger partial charge is 0.345 e. The topological polar surface area (TPSA) is 92.1 Å². The van der Waals surface area contributed by atoms with E-state index >= 15 is 0 Å². The number of halogens is 1. The summed E-state index contributed by atoms with van der Waals surface area (Å²) < 4.78 is 0. The standard InChI is InChI=1S/C19H12ClN7S2/c20-13-7-3-1-5-11(13)9-21-18-26-24-15(28-18)10-22-19-27-25-16-12-6-2-4-8-14(12)23-17(16)29-19/h1-9,23H,10H2. The van der Waals surface area contributed by atoms with Crippen molar-refractivity contribution in [3.8, 4) is 0 Å². The third-order valence-corrected chi connectivity index (χ3v) is 6.15. The van der Waals surface area contributed by atoms with Gasteiger partial charge in [-0.1, -0.05) is 70.7 Å². The van der Waals surface area contributed by atoms with Gasteiger partial charge in [-0.05, 0) is 12.1 Å². The maximum Gasteiger partial charge on any atom is 0.231 e. The van der Waals surface area contributed by atoms with E-state index in [4.69, 9.17) is 11.6 Å². The Morgan fingerprint density at radius 2 is 1.83 bits per heavy atom. The molecule has 0 spiro atoms. The van der Waals surface area contributed by atoms with Crippen LogP contribution in [0, 0.1) is 0 Å². The number of rotatable bonds is 4. The van der Waals surface area contributed by atoms with Gasteiger partial charge in [-0.25, -0.2) is 9.98 Å². The van der Waals surface area contributed by atoms with Crippen molar-refractivity contribution in [3.05, 3.63) is 68.9 Å². The summed E-state index contributed by atoms with van der Waals surface area (Å²) in [5.41, 5.74) is 2.73. The lowest BCUT2D eigenvalue weighted by molar-refractivity contribution is 0.904. The fourth-order valence-electron chi connectivity index (χ4n) is 2.74. The summed E-state index contributed by atoms with van der Waals surface area (Å²) in [6.07, 6.45) is 1.68. The third-order valence-electron chi connectivity index (χ3n) is 4.10. The van der Waals surface area contributed by atoms with Crippen LogP contribution in [0.4, 0.5) is 5.13 Å². The Hall–Kier alpha value is -3.01. The smallest absolute Gasteiger partial charge is 0.231 e. The van der Waals surface area contributed by atoms with Crippen LogP contribution in [-0.4, -0.2) is 31.6 Å². The quantitative estimate of drug-likeness (QED) is 0.418. The molecule has 2 aromatic carbocycles. The molecular weight excluding hydrogens is 426 g/mol. The molecule has 0 aliphatic heterocycles. The molecule has 0 fully saturated rings. The van der Waals surface area contributed by atoms with Crippen molar-refractivity contribution in [2.24, 2.45) is 9.98 Å². The second-order valence-corrected chi connectivity index (χ2v) is 8.43. The number of H-pyrrole nitrogens is 1. The molecule has 0 unspecified atom stereocenters. The van der Waals surface area contributed by atoms with Crippen molar-refractivity contribution >= 4 is 66.9 Å². The fraction of sp³-hybridized carbons (Fsp3) is 0.0526. The summed E-state index contributed by atoms with van der Waals surface area (Å²) in [4.78, 5) is 13.7. The summed E-state index contributed by atoms with van der Waals surface area (Å²) in [5, 5.41) is 19.8. The minimum Gasteiger partial charge on any atom is -0.345 e. The first-order valence-corrected chi connectivity index (χ1v) is 10.6. The number of hydrogen-bond acceptors (Lipinski definition) is 8. The number of aromatic amines is 1. The second-order valence-electron chi connectivity index (χ2n) is 6.01. The van der Waals surface area contributed by atoms with E-state index in [1.807, 2.05) is 48.5 Å². The highest BCUT2D eigenvalue weighted by Gasteiger charge is 2.07. The number of fused-ring (bicyclic) bond motifs is 3. The van der Waals surface area contributed by atoms with E-state index < -0.39 is 0 Å². The number of para-hydroxylation sites is 1. The molecule has 0 amide bonds. The van der Waals surface area contributed by atoms with Gasteiger partial charge in [-0.15, -0.1) is 20.4 Å². The van der Waals surface area contributed by atoms with Crippen molar-refractivity contribution < 1.29 is 0 Å². The molecule has 0 saturated carbocycles. The normalized spacial score (nSPS) is 12.5. The van der Waals surface area contributed by atoms with Crippen molar-refractivity contribution in [2.45, 2.75) is 6.54 Å². The Labute approximate surface area is 177 Å². The van der Waals surface area contributed by atoms with E-state index in [-0.39, 0.29) is 0 Å². The monoisotopic (exact) mass is 437 g/mol. The summed E-state index contributed by atoms with van der Waals surface area (Å²) >= 11 is 8.97. The fourth-order valence-corrected chi connectivity index (χ4v) is 4.34. The van der Waals surface area contributed by atoms with Crippen LogP contribution in [0.25, 0.3) is 21.3 Å². The summed E-state index contributed by atoms with van der Waals surface area (Å²) in [6.45, 7) is 0.371. The van der Waals surface area contributed by atoms with Gasteiger partial charge < -0.3 is 4.98 Å². The zero-order valence-corrected chi connectivity index (χ0v) is 17.2. The van der Waals surface area contributed by atoms with E-state index in [0.717, 1.165) is 31.8 Å². The summed E-state index contributed by atoms with van der Waals surface area (Å²) in [7, 11) is 0. The molecule has 5 aromatic rings. The molecule has 10 heteroatoms. The Bertz CT molecular complexity index is 1420. The molecule has 1 N–H and O–H groups in total. The molecule has 0 atom stereocenters. The molecule has 7 nitrogen and oxygen atoms in total. The average molecular weight is 438 g/mol. The van der Waals surface area contributed by atoms with E-state index in [1.165, 1.54) is 22.7 Å². The zero-order valence-electron chi connectivity index (χ0n) is 14.8. The summed E-state index contributed by atoms with van der Waals surface area (Å²) in [5.74, 6) is 0. The molecule has 0 radical (unpaired) electrons. The number of nitrogens with one attached hydrogen (secondary N) is 1. The molecule has 0 bridgehead atoms. The van der Waals surface area contributed by atoms with Crippen LogP contribution in [0.2, 0.25) is 5.02 Å². The Kier molecular flexibility index (Phi) is 4.84. The van der Waals surface area contributed by atoms with Gasteiger partial charge in [0.1, 0.15) is 15.4 Å². The van der Waals surface area contributed by atoms with Crippen molar-refractivity contribution in [2.75, 3.05) is 0 Å². The van der Waals surface area contributed by atoms with Crippen LogP contribution in [-0.2, 0) is 6.54 Å². The number of hydrogen-bond donors (Lipinski definition) is 1. The number of benzene rings is 2. The molecule has 0 saturated heterocycles. The third kappa shape index (κ3) is 3.80. The number of aliphatic imine (C=N–C) groups is 1. The molecule has 29 heavy (non-hydrogen) atoms. The number of nitrogens with zero attached hydrogens (tertiary/aromatic N) is 6. The molecule has 3 heterocycles. The average Bonchev–Trinajstić information content (AvgIpc) is 3.35. The lowest BCUT2D eigenvalue weighted by atomic mass is 10.2. The van der Waals surface area contributed by atoms with E-state index in [0.29, 0.717) is 21.5 Å². The van der Waals surface area contributed by atoms with Crippen molar-refractivity contribution in [1.82, 2.24) is 25.4 Å². The van der Waals surface area contributed by atoms with Crippen LogP contribution in [0.15, 0.2) is 58.5 Å². The van der Waals surface area contributed by atoms with Gasteiger partial charge in [0.2, 0.25) is 9.93 Å². The lowest BCUT2D eigenvalue weighted by Gasteiger charge is -1.94. The molecule has 0 aliphatic carbocycles. The lowest BCUT2D eigenvalue weighted by Crippen LogP contribution is -2.05. The van der Waals surface area contributed by atoms with E-state index in [9.17, 15) is 0 Å². The first-order chi connectivity index (χ1) is 14.3. The van der Waals surface area contributed by atoms with Gasteiger partial charge in [0.15, 0.2) is 0 Å². The molecule has 5 rings (SSSR count). The maximum atomic E-state index is 6.13. The molecule has 142 valence electrons. The van der Waals surface area contributed by atoms with Crippen LogP contribution < -0.4 is 4.80 Å². The van der Waals surface area contributed by atoms with Gasteiger partial charge in [0, 0.05) is 27.7 Å². The van der Waals surface area contributed by atoms with Gasteiger partial charge in [-0.2, -0.15) is 0 Å². The Balaban J connectivity index is 1.36. The molecule has 0 aliphatic rings. The van der Waals surface area contributed by atoms with Crippen LogP contribution in [0.3, 0.4) is 0 Å². The van der Waals surface area contributed by atoms with Gasteiger partial charge in [0.05, 0.1) is 6.54 Å². The van der Waals surface area contributed by atoms with Gasteiger partial charge in [-0.3, -0.25) is 0 Å². The van der Waals surface area contributed by atoms with E-state index in [2.05, 4.69) is 35.4 Å². The minimum atomic E-state index is 0.371.